The van der Waals surface area contributed by atoms with Gasteiger partial charge in [0.05, 0.1) is 12.2 Å². The molecule has 1 fully saturated rings. The van der Waals surface area contributed by atoms with E-state index in [-0.39, 0.29) is 0 Å². The summed E-state index contributed by atoms with van der Waals surface area (Å²) < 4.78 is 5.68. The van der Waals surface area contributed by atoms with Crippen LogP contribution in [0.1, 0.15) is 64.2 Å². The van der Waals surface area contributed by atoms with Crippen molar-refractivity contribution in [1.82, 2.24) is 0 Å². The van der Waals surface area contributed by atoms with E-state index in [1.807, 2.05) is 0 Å². The quantitative estimate of drug-likeness (QED) is 0.597. The van der Waals surface area contributed by atoms with Crippen LogP contribution in [0, 0.1) is 11.3 Å². The summed E-state index contributed by atoms with van der Waals surface area (Å²) in [5.41, 5.74) is 0. The summed E-state index contributed by atoms with van der Waals surface area (Å²) in [6.45, 7) is 0.979. The molecule has 1 aliphatic rings. The van der Waals surface area contributed by atoms with Gasteiger partial charge in [0.1, 0.15) is 0 Å². The first-order valence-electron chi connectivity index (χ1n) is 6.42. The fourth-order valence-corrected chi connectivity index (χ4v) is 2.14. The van der Waals surface area contributed by atoms with Crippen molar-refractivity contribution in [2.24, 2.45) is 0 Å². The Morgan fingerprint density at radius 3 is 2.60 bits per heavy atom. The monoisotopic (exact) mass is 209 g/mol. The molecule has 1 saturated heterocycles. The summed E-state index contributed by atoms with van der Waals surface area (Å²) >= 11 is 0. The SMILES string of the molecule is N#CCCCCCCCC1CCCCO1. The molecule has 15 heavy (non-hydrogen) atoms. The molecule has 0 radical (unpaired) electrons. The standard InChI is InChI=1S/C13H23NO/c14-11-7-4-2-1-3-5-9-13-10-6-8-12-15-13/h13H,1-10,12H2. The minimum absolute atomic E-state index is 0.554. The number of unbranched alkanes of at least 4 members (excludes halogenated alkanes) is 5. The maximum Gasteiger partial charge on any atom is 0.0621 e. The molecule has 0 aromatic heterocycles. The molecule has 0 spiro atoms. The Balaban J connectivity index is 1.82. The molecule has 2 nitrogen and oxygen atoms in total. The van der Waals surface area contributed by atoms with E-state index in [1.165, 1.54) is 51.4 Å². The first kappa shape index (κ1) is 12.5. The van der Waals surface area contributed by atoms with Crippen LogP contribution in [0.3, 0.4) is 0 Å². The average molecular weight is 209 g/mol. The van der Waals surface area contributed by atoms with Crippen LogP contribution in [0.25, 0.3) is 0 Å². The van der Waals surface area contributed by atoms with Gasteiger partial charge in [0.15, 0.2) is 0 Å². The van der Waals surface area contributed by atoms with Gasteiger partial charge < -0.3 is 4.74 Å². The van der Waals surface area contributed by atoms with Crippen molar-refractivity contribution < 1.29 is 4.74 Å². The van der Waals surface area contributed by atoms with Crippen LogP contribution in [0.5, 0.6) is 0 Å². The highest BCUT2D eigenvalue weighted by Crippen LogP contribution is 2.18. The Hall–Kier alpha value is -0.550. The minimum atomic E-state index is 0.554. The van der Waals surface area contributed by atoms with Crippen molar-refractivity contribution in [2.75, 3.05) is 6.61 Å². The van der Waals surface area contributed by atoms with E-state index in [4.69, 9.17) is 10.00 Å². The second-order valence-corrected chi connectivity index (χ2v) is 4.45. The highest BCUT2D eigenvalue weighted by atomic mass is 16.5. The Morgan fingerprint density at radius 2 is 1.87 bits per heavy atom. The number of nitrogens with zero attached hydrogens (tertiary/aromatic N) is 1. The van der Waals surface area contributed by atoms with Crippen LogP contribution in [0.2, 0.25) is 0 Å². The van der Waals surface area contributed by atoms with Crippen molar-refractivity contribution in [2.45, 2.75) is 70.3 Å². The van der Waals surface area contributed by atoms with Gasteiger partial charge in [-0.15, -0.1) is 0 Å². The average Bonchev–Trinajstić information content (AvgIpc) is 2.29. The largest absolute Gasteiger partial charge is 0.378 e. The van der Waals surface area contributed by atoms with E-state index in [1.54, 1.807) is 0 Å². The molecule has 2 heteroatoms. The Labute approximate surface area is 93.6 Å². The summed E-state index contributed by atoms with van der Waals surface area (Å²) in [5, 5.41) is 8.37. The highest BCUT2D eigenvalue weighted by molar-refractivity contribution is 4.68. The molecule has 0 aliphatic carbocycles. The molecule has 1 aliphatic heterocycles. The van der Waals surface area contributed by atoms with Gasteiger partial charge in [-0.2, -0.15) is 5.26 Å². The van der Waals surface area contributed by atoms with Gasteiger partial charge in [0, 0.05) is 13.0 Å². The molecule has 1 atom stereocenters. The van der Waals surface area contributed by atoms with Gasteiger partial charge in [-0.1, -0.05) is 25.7 Å². The number of rotatable bonds is 7. The molecule has 0 amide bonds. The lowest BCUT2D eigenvalue weighted by Gasteiger charge is -2.22. The number of ether oxygens (including phenoxy) is 1. The molecule has 0 saturated carbocycles. The molecule has 0 aromatic rings. The van der Waals surface area contributed by atoms with E-state index < -0.39 is 0 Å². The molecular weight excluding hydrogens is 186 g/mol. The Bertz CT molecular complexity index is 179. The summed E-state index contributed by atoms with van der Waals surface area (Å²) in [7, 11) is 0. The second kappa shape index (κ2) is 8.73. The lowest BCUT2D eigenvalue weighted by atomic mass is 10.0. The third kappa shape index (κ3) is 6.52. The van der Waals surface area contributed by atoms with Gasteiger partial charge >= 0.3 is 0 Å². The fraction of sp³-hybridized carbons (Fsp3) is 0.923. The summed E-state index contributed by atoms with van der Waals surface area (Å²) in [6.07, 6.45) is 12.6. The van der Waals surface area contributed by atoms with Gasteiger partial charge in [0.2, 0.25) is 0 Å². The van der Waals surface area contributed by atoms with Crippen LogP contribution in [0.4, 0.5) is 0 Å². The van der Waals surface area contributed by atoms with E-state index >= 15 is 0 Å². The fourth-order valence-electron chi connectivity index (χ4n) is 2.14. The maximum atomic E-state index is 8.37. The van der Waals surface area contributed by atoms with E-state index in [2.05, 4.69) is 6.07 Å². The second-order valence-electron chi connectivity index (χ2n) is 4.45. The number of hydrogen-bond donors (Lipinski definition) is 0. The zero-order valence-corrected chi connectivity index (χ0v) is 9.71. The predicted octanol–water partition coefficient (Wildman–Crippen LogP) is 3.81. The molecule has 1 heterocycles. The Kier molecular flexibility index (Phi) is 7.29. The molecule has 1 unspecified atom stereocenters. The molecular formula is C13H23NO. The van der Waals surface area contributed by atoms with Crippen LogP contribution >= 0.6 is 0 Å². The molecule has 1 rings (SSSR count). The highest BCUT2D eigenvalue weighted by Gasteiger charge is 2.12. The third-order valence-electron chi connectivity index (χ3n) is 3.09. The van der Waals surface area contributed by atoms with Crippen molar-refractivity contribution in [3.8, 4) is 6.07 Å². The normalized spacial score (nSPS) is 21.1. The first-order chi connectivity index (χ1) is 7.43. The lowest BCUT2D eigenvalue weighted by molar-refractivity contribution is 0.00977. The molecule has 0 bridgehead atoms. The van der Waals surface area contributed by atoms with Crippen LogP contribution in [-0.2, 0) is 4.74 Å². The summed E-state index contributed by atoms with van der Waals surface area (Å²) in [6, 6.07) is 2.19. The molecule has 0 N–H and O–H groups in total. The van der Waals surface area contributed by atoms with E-state index in [9.17, 15) is 0 Å². The van der Waals surface area contributed by atoms with Crippen molar-refractivity contribution in [3.05, 3.63) is 0 Å². The molecule has 0 aromatic carbocycles. The topological polar surface area (TPSA) is 33.0 Å². The third-order valence-corrected chi connectivity index (χ3v) is 3.09. The maximum absolute atomic E-state index is 8.37. The minimum Gasteiger partial charge on any atom is -0.378 e. The zero-order chi connectivity index (χ0) is 10.8. The predicted molar refractivity (Wildman–Crippen MR) is 61.5 cm³/mol. The Morgan fingerprint density at radius 1 is 1.07 bits per heavy atom. The first-order valence-corrected chi connectivity index (χ1v) is 6.42. The summed E-state index contributed by atoms with van der Waals surface area (Å²) in [5.74, 6) is 0. The zero-order valence-electron chi connectivity index (χ0n) is 9.71. The van der Waals surface area contributed by atoms with E-state index in [0.29, 0.717) is 6.10 Å². The summed E-state index contributed by atoms with van der Waals surface area (Å²) in [4.78, 5) is 0. The van der Waals surface area contributed by atoms with Crippen LogP contribution in [0.15, 0.2) is 0 Å². The van der Waals surface area contributed by atoms with Gasteiger partial charge in [-0.25, -0.2) is 0 Å². The lowest BCUT2D eigenvalue weighted by Crippen LogP contribution is -2.18. The van der Waals surface area contributed by atoms with Gasteiger partial charge in [-0.05, 0) is 32.1 Å². The molecule has 86 valence electrons. The van der Waals surface area contributed by atoms with Crippen LogP contribution < -0.4 is 0 Å². The van der Waals surface area contributed by atoms with Crippen molar-refractivity contribution in [1.29, 1.82) is 5.26 Å². The number of hydrogen-bond acceptors (Lipinski definition) is 2. The van der Waals surface area contributed by atoms with Gasteiger partial charge in [-0.3, -0.25) is 0 Å². The van der Waals surface area contributed by atoms with Gasteiger partial charge in [0.25, 0.3) is 0 Å². The van der Waals surface area contributed by atoms with E-state index in [0.717, 1.165) is 19.4 Å². The smallest absolute Gasteiger partial charge is 0.0621 e. The van der Waals surface area contributed by atoms with Crippen LogP contribution in [-0.4, -0.2) is 12.7 Å². The van der Waals surface area contributed by atoms with Crippen molar-refractivity contribution >= 4 is 0 Å². The number of nitriles is 1. The van der Waals surface area contributed by atoms with Crippen molar-refractivity contribution in [3.63, 3.8) is 0 Å².